The van der Waals surface area contributed by atoms with Gasteiger partial charge in [0.2, 0.25) is 0 Å². The molecule has 0 radical (unpaired) electrons. The van der Waals surface area contributed by atoms with Gasteiger partial charge in [-0.05, 0) is 31.5 Å². The van der Waals surface area contributed by atoms with Crippen molar-refractivity contribution < 1.29 is 4.74 Å². The molecule has 4 heteroatoms. The Morgan fingerprint density at radius 1 is 1.41 bits per heavy atom. The predicted molar refractivity (Wildman–Crippen MR) is 72.0 cm³/mol. The molecule has 1 fully saturated rings. The highest BCUT2D eigenvalue weighted by molar-refractivity contribution is 7.71. The van der Waals surface area contributed by atoms with Crippen LogP contribution in [0.1, 0.15) is 51.8 Å². The van der Waals surface area contributed by atoms with Crippen LogP contribution in [0, 0.1) is 4.77 Å². The van der Waals surface area contributed by atoms with E-state index in [2.05, 4.69) is 36.5 Å². The topological polar surface area (TPSA) is 29.9 Å². The van der Waals surface area contributed by atoms with Gasteiger partial charge in [0.05, 0.1) is 6.10 Å². The quantitative estimate of drug-likeness (QED) is 0.818. The van der Waals surface area contributed by atoms with Crippen molar-refractivity contribution in [3.05, 3.63) is 16.7 Å². The highest BCUT2D eigenvalue weighted by atomic mass is 32.1. The molecule has 2 unspecified atom stereocenters. The molecule has 0 aliphatic heterocycles. The lowest BCUT2D eigenvalue weighted by atomic mass is 9.92. The summed E-state index contributed by atoms with van der Waals surface area (Å²) < 4.78 is 8.59. The van der Waals surface area contributed by atoms with Crippen molar-refractivity contribution in [2.24, 2.45) is 0 Å². The van der Waals surface area contributed by atoms with E-state index in [1.165, 1.54) is 5.69 Å². The lowest BCUT2D eigenvalue weighted by Crippen LogP contribution is -2.20. The Bertz CT molecular complexity index is 441. The summed E-state index contributed by atoms with van der Waals surface area (Å²) in [7, 11) is 1.80. The first-order valence-electron chi connectivity index (χ1n) is 6.26. The van der Waals surface area contributed by atoms with Crippen LogP contribution in [0.4, 0.5) is 0 Å². The van der Waals surface area contributed by atoms with Crippen LogP contribution < -0.4 is 0 Å². The number of aromatic amines is 1. The minimum atomic E-state index is 0.124. The first kappa shape index (κ1) is 12.8. The van der Waals surface area contributed by atoms with Crippen molar-refractivity contribution in [1.29, 1.82) is 0 Å². The molecule has 1 aromatic heterocycles. The average molecular weight is 254 g/mol. The fraction of sp³-hybridized carbons (Fsp3) is 0.769. The van der Waals surface area contributed by atoms with Crippen molar-refractivity contribution in [3.8, 4) is 0 Å². The second-order valence-electron chi connectivity index (χ2n) is 5.92. The van der Waals surface area contributed by atoms with Crippen LogP contribution in [-0.4, -0.2) is 22.8 Å². The molecule has 1 aromatic rings. The molecule has 1 saturated carbocycles. The van der Waals surface area contributed by atoms with E-state index in [9.17, 15) is 0 Å². The summed E-state index contributed by atoms with van der Waals surface area (Å²) in [5, 5.41) is 0. The van der Waals surface area contributed by atoms with Gasteiger partial charge in [-0.1, -0.05) is 20.8 Å². The zero-order valence-electron chi connectivity index (χ0n) is 11.1. The van der Waals surface area contributed by atoms with Gasteiger partial charge in [-0.2, -0.15) is 0 Å². The third kappa shape index (κ3) is 2.47. The third-order valence-electron chi connectivity index (χ3n) is 3.63. The number of nitrogens with one attached hydrogen (secondary N) is 1. The normalized spacial score (nSPS) is 25.4. The fourth-order valence-electron chi connectivity index (χ4n) is 2.68. The Hall–Kier alpha value is -0.610. The number of ether oxygens (including phenoxy) is 1. The van der Waals surface area contributed by atoms with E-state index in [0.717, 1.165) is 24.0 Å². The number of nitrogens with zero attached hydrogens (tertiary/aromatic N) is 1. The summed E-state index contributed by atoms with van der Waals surface area (Å²) in [4.78, 5) is 3.19. The molecule has 1 heterocycles. The number of methoxy groups -OCH3 is 1. The largest absolute Gasteiger partial charge is 0.381 e. The van der Waals surface area contributed by atoms with Crippen LogP contribution in [-0.2, 0) is 10.2 Å². The molecule has 2 rings (SSSR count). The molecule has 2 atom stereocenters. The van der Waals surface area contributed by atoms with Gasteiger partial charge < -0.3 is 14.3 Å². The smallest absolute Gasteiger partial charge is 0.177 e. The molecular weight excluding hydrogens is 232 g/mol. The Kier molecular flexibility index (Phi) is 3.46. The van der Waals surface area contributed by atoms with Gasteiger partial charge in [0.25, 0.3) is 0 Å². The second kappa shape index (κ2) is 4.58. The summed E-state index contributed by atoms with van der Waals surface area (Å²) in [5.41, 5.74) is 1.42. The molecular formula is C13H22N2OS. The van der Waals surface area contributed by atoms with Crippen molar-refractivity contribution >= 4 is 12.2 Å². The Labute approximate surface area is 108 Å². The Morgan fingerprint density at radius 2 is 2.12 bits per heavy atom. The van der Waals surface area contributed by atoms with Crippen LogP contribution in [0.2, 0.25) is 0 Å². The van der Waals surface area contributed by atoms with Crippen LogP contribution in [0.15, 0.2) is 6.20 Å². The Balaban J connectivity index is 2.33. The fourth-order valence-corrected chi connectivity index (χ4v) is 2.99. The maximum Gasteiger partial charge on any atom is 0.177 e. The minimum absolute atomic E-state index is 0.124. The van der Waals surface area contributed by atoms with Gasteiger partial charge >= 0.3 is 0 Å². The van der Waals surface area contributed by atoms with E-state index >= 15 is 0 Å². The average Bonchev–Trinajstić information content (AvgIpc) is 2.81. The minimum Gasteiger partial charge on any atom is -0.381 e. The molecule has 3 nitrogen and oxygen atoms in total. The standard InChI is InChI=1S/C13H22N2OS/c1-13(2,3)11-8-14-12(17)15(11)9-5-6-10(7-9)16-4/h8-10H,5-7H2,1-4H3,(H,14,17). The highest BCUT2D eigenvalue weighted by Gasteiger charge is 2.30. The maximum atomic E-state index is 5.45. The number of hydrogen-bond donors (Lipinski definition) is 1. The Morgan fingerprint density at radius 3 is 2.65 bits per heavy atom. The lowest BCUT2D eigenvalue weighted by molar-refractivity contribution is 0.105. The summed E-state index contributed by atoms with van der Waals surface area (Å²) in [6, 6.07) is 0.493. The predicted octanol–water partition coefficient (Wildman–Crippen LogP) is 3.58. The monoisotopic (exact) mass is 254 g/mol. The van der Waals surface area contributed by atoms with E-state index in [4.69, 9.17) is 17.0 Å². The van der Waals surface area contributed by atoms with Gasteiger partial charge in [-0.25, -0.2) is 0 Å². The molecule has 1 aliphatic carbocycles. The van der Waals surface area contributed by atoms with E-state index in [1.54, 1.807) is 7.11 Å². The van der Waals surface area contributed by atoms with Crippen molar-refractivity contribution in [2.75, 3.05) is 7.11 Å². The van der Waals surface area contributed by atoms with E-state index in [0.29, 0.717) is 12.1 Å². The SMILES string of the molecule is COC1CCC(n2c(C(C)(C)C)c[nH]c2=S)C1. The number of H-pyrrole nitrogens is 1. The molecule has 1 N–H and O–H groups in total. The van der Waals surface area contributed by atoms with Crippen LogP contribution in [0.5, 0.6) is 0 Å². The summed E-state index contributed by atoms with van der Waals surface area (Å²) in [5.74, 6) is 0. The van der Waals surface area contributed by atoms with E-state index in [-0.39, 0.29) is 5.41 Å². The summed E-state index contributed by atoms with van der Waals surface area (Å²) in [6.45, 7) is 6.68. The summed E-state index contributed by atoms with van der Waals surface area (Å²) >= 11 is 5.42. The number of rotatable bonds is 2. The lowest BCUT2D eigenvalue weighted by Gasteiger charge is -2.24. The summed E-state index contributed by atoms with van der Waals surface area (Å²) in [6.07, 6.45) is 5.82. The molecule has 0 bridgehead atoms. The zero-order chi connectivity index (χ0) is 12.6. The number of hydrogen-bond acceptors (Lipinski definition) is 2. The van der Waals surface area contributed by atoms with Crippen LogP contribution in [0.25, 0.3) is 0 Å². The molecule has 96 valence electrons. The molecule has 1 aliphatic rings. The van der Waals surface area contributed by atoms with Crippen LogP contribution in [0.3, 0.4) is 0 Å². The van der Waals surface area contributed by atoms with Crippen LogP contribution >= 0.6 is 12.2 Å². The molecule has 17 heavy (non-hydrogen) atoms. The molecule has 0 spiro atoms. The molecule has 0 aromatic carbocycles. The first-order chi connectivity index (χ1) is 7.93. The van der Waals surface area contributed by atoms with Gasteiger partial charge in [0.15, 0.2) is 4.77 Å². The maximum absolute atomic E-state index is 5.45. The van der Waals surface area contributed by atoms with Gasteiger partial charge in [0, 0.05) is 30.5 Å². The van der Waals surface area contributed by atoms with E-state index < -0.39 is 0 Å². The molecule has 0 saturated heterocycles. The zero-order valence-corrected chi connectivity index (χ0v) is 11.9. The van der Waals surface area contributed by atoms with Crippen molar-refractivity contribution in [2.45, 2.75) is 57.6 Å². The van der Waals surface area contributed by atoms with Crippen molar-refractivity contribution in [3.63, 3.8) is 0 Å². The second-order valence-corrected chi connectivity index (χ2v) is 6.31. The van der Waals surface area contributed by atoms with Gasteiger partial charge in [-0.15, -0.1) is 0 Å². The number of aromatic nitrogens is 2. The van der Waals surface area contributed by atoms with Crippen molar-refractivity contribution in [1.82, 2.24) is 9.55 Å². The first-order valence-corrected chi connectivity index (χ1v) is 6.67. The highest BCUT2D eigenvalue weighted by Crippen LogP contribution is 2.35. The van der Waals surface area contributed by atoms with Gasteiger partial charge in [0.1, 0.15) is 0 Å². The van der Waals surface area contributed by atoms with E-state index in [1.807, 2.05) is 0 Å². The third-order valence-corrected chi connectivity index (χ3v) is 3.95. The number of imidazole rings is 1. The van der Waals surface area contributed by atoms with Gasteiger partial charge in [-0.3, -0.25) is 0 Å². The molecule has 0 amide bonds.